The molecule has 52 valence electrons. The van der Waals surface area contributed by atoms with Gasteiger partial charge in [-0.1, -0.05) is 6.08 Å². The van der Waals surface area contributed by atoms with Gasteiger partial charge < -0.3 is 10.2 Å². The minimum Gasteiger partial charge on any atom is -0.364 e. The summed E-state index contributed by atoms with van der Waals surface area (Å²) in [5.74, 6) is 0. The molecule has 1 N–H and O–H groups in total. The molecule has 1 atom stereocenters. The van der Waals surface area contributed by atoms with Crippen molar-refractivity contribution in [3.8, 4) is 0 Å². The summed E-state index contributed by atoms with van der Waals surface area (Å²) in [6.07, 6.45) is 10.8. The zero-order valence-electron chi connectivity index (χ0n) is 5.91. The van der Waals surface area contributed by atoms with E-state index in [1.807, 2.05) is 6.08 Å². The van der Waals surface area contributed by atoms with E-state index in [2.05, 4.69) is 41.7 Å². The second-order valence-corrected chi connectivity index (χ2v) is 2.57. The van der Waals surface area contributed by atoms with E-state index >= 15 is 0 Å². The van der Waals surface area contributed by atoms with E-state index < -0.39 is 0 Å². The van der Waals surface area contributed by atoms with Crippen LogP contribution in [0, 0.1) is 0 Å². The molecule has 2 heterocycles. The van der Waals surface area contributed by atoms with Gasteiger partial charge in [-0.05, 0) is 19.1 Å². The predicted molar refractivity (Wildman–Crippen MR) is 40.8 cm³/mol. The van der Waals surface area contributed by atoms with E-state index in [1.165, 1.54) is 5.70 Å². The number of nitrogens with one attached hydrogen (secondary N) is 1. The Labute approximate surface area is 60.5 Å². The largest absolute Gasteiger partial charge is 0.364 e. The monoisotopic (exact) mass is 134 g/mol. The second-order valence-electron chi connectivity index (χ2n) is 2.57. The van der Waals surface area contributed by atoms with Gasteiger partial charge in [-0.25, -0.2) is 0 Å². The van der Waals surface area contributed by atoms with Gasteiger partial charge in [0.1, 0.15) is 6.17 Å². The number of nitrogens with zero attached hydrogens (tertiary/aromatic N) is 1. The Bertz CT molecular complexity index is 225. The van der Waals surface area contributed by atoms with Crippen LogP contribution in [0.2, 0.25) is 0 Å². The number of hydrogen-bond acceptors (Lipinski definition) is 2. The molecule has 0 saturated heterocycles. The minimum absolute atomic E-state index is 0.366. The van der Waals surface area contributed by atoms with Crippen LogP contribution in [-0.4, -0.2) is 11.1 Å². The second kappa shape index (κ2) is 1.90. The average Bonchev–Trinajstić information content (AvgIpc) is 2.27. The smallest absolute Gasteiger partial charge is 0.122 e. The van der Waals surface area contributed by atoms with Crippen molar-refractivity contribution in [3.63, 3.8) is 0 Å². The van der Waals surface area contributed by atoms with Crippen LogP contribution in [0.25, 0.3) is 0 Å². The van der Waals surface area contributed by atoms with E-state index in [-0.39, 0.29) is 0 Å². The van der Waals surface area contributed by atoms with Crippen molar-refractivity contribution >= 4 is 0 Å². The van der Waals surface area contributed by atoms with Crippen LogP contribution in [0.1, 0.15) is 6.92 Å². The van der Waals surface area contributed by atoms with Crippen molar-refractivity contribution in [2.75, 3.05) is 0 Å². The molecule has 0 spiro atoms. The van der Waals surface area contributed by atoms with Gasteiger partial charge in [0, 0.05) is 18.1 Å². The summed E-state index contributed by atoms with van der Waals surface area (Å²) in [7, 11) is 0. The van der Waals surface area contributed by atoms with Gasteiger partial charge in [0.15, 0.2) is 0 Å². The van der Waals surface area contributed by atoms with Gasteiger partial charge in [-0.2, -0.15) is 0 Å². The molecule has 0 aromatic carbocycles. The fourth-order valence-corrected chi connectivity index (χ4v) is 1.25. The third-order valence-electron chi connectivity index (χ3n) is 1.70. The highest BCUT2D eigenvalue weighted by molar-refractivity contribution is 5.21. The molecule has 0 aliphatic carbocycles. The fourth-order valence-electron chi connectivity index (χ4n) is 1.25. The molecular formula is C8H10N2. The van der Waals surface area contributed by atoms with Gasteiger partial charge in [-0.3, -0.25) is 0 Å². The highest BCUT2D eigenvalue weighted by atomic mass is 15.3. The zero-order chi connectivity index (χ0) is 6.97. The summed E-state index contributed by atoms with van der Waals surface area (Å²) in [6.45, 7) is 2.07. The van der Waals surface area contributed by atoms with E-state index in [9.17, 15) is 0 Å². The van der Waals surface area contributed by atoms with Crippen molar-refractivity contribution < 1.29 is 0 Å². The van der Waals surface area contributed by atoms with Gasteiger partial charge in [-0.15, -0.1) is 0 Å². The molecule has 2 aliphatic rings. The standard InChI is InChI=1S/C8H10N2/c1-7-6-10-5-3-2-4-8(10)9-7/h2-6,8-9H,1H3. The number of rotatable bonds is 0. The van der Waals surface area contributed by atoms with Crippen molar-refractivity contribution in [1.82, 2.24) is 10.2 Å². The molecule has 2 heteroatoms. The van der Waals surface area contributed by atoms with Gasteiger partial charge in [0.25, 0.3) is 0 Å². The molecule has 2 aliphatic heterocycles. The lowest BCUT2D eigenvalue weighted by atomic mass is 10.3. The van der Waals surface area contributed by atoms with E-state index in [0.717, 1.165) is 0 Å². The van der Waals surface area contributed by atoms with E-state index in [0.29, 0.717) is 6.17 Å². The first-order valence-electron chi connectivity index (χ1n) is 3.44. The lowest BCUT2D eigenvalue weighted by Crippen LogP contribution is -2.31. The lowest BCUT2D eigenvalue weighted by molar-refractivity contribution is 0.424. The number of hydrogen-bond donors (Lipinski definition) is 1. The summed E-state index contributed by atoms with van der Waals surface area (Å²) in [5.41, 5.74) is 1.22. The highest BCUT2D eigenvalue weighted by Crippen LogP contribution is 2.14. The summed E-state index contributed by atoms with van der Waals surface area (Å²) < 4.78 is 0. The Morgan fingerprint density at radius 1 is 1.50 bits per heavy atom. The molecular weight excluding hydrogens is 124 g/mol. The van der Waals surface area contributed by atoms with Crippen LogP contribution in [0.5, 0.6) is 0 Å². The van der Waals surface area contributed by atoms with Crippen LogP contribution in [0.4, 0.5) is 0 Å². The Morgan fingerprint density at radius 3 is 3.20 bits per heavy atom. The summed E-state index contributed by atoms with van der Waals surface area (Å²) in [6, 6.07) is 0. The maximum atomic E-state index is 3.30. The van der Waals surface area contributed by atoms with Gasteiger partial charge in [0.2, 0.25) is 0 Å². The van der Waals surface area contributed by atoms with Crippen LogP contribution < -0.4 is 5.32 Å². The van der Waals surface area contributed by atoms with Crippen molar-refractivity contribution in [2.24, 2.45) is 0 Å². The molecule has 2 nitrogen and oxygen atoms in total. The van der Waals surface area contributed by atoms with Crippen LogP contribution >= 0.6 is 0 Å². The predicted octanol–water partition coefficient (Wildman–Crippen LogP) is 1.16. The molecule has 10 heavy (non-hydrogen) atoms. The minimum atomic E-state index is 0.366. The molecule has 2 rings (SSSR count). The third kappa shape index (κ3) is 0.727. The van der Waals surface area contributed by atoms with Crippen molar-refractivity contribution in [1.29, 1.82) is 0 Å². The first kappa shape index (κ1) is 5.59. The highest BCUT2D eigenvalue weighted by Gasteiger charge is 2.17. The van der Waals surface area contributed by atoms with E-state index in [1.54, 1.807) is 0 Å². The summed E-state index contributed by atoms with van der Waals surface area (Å²) >= 11 is 0. The third-order valence-corrected chi connectivity index (χ3v) is 1.70. The van der Waals surface area contributed by atoms with Crippen LogP contribution in [0.3, 0.4) is 0 Å². The average molecular weight is 134 g/mol. The number of allylic oxidation sites excluding steroid dienone is 3. The van der Waals surface area contributed by atoms with Gasteiger partial charge >= 0.3 is 0 Å². The summed E-state index contributed by atoms with van der Waals surface area (Å²) in [5, 5.41) is 3.30. The topological polar surface area (TPSA) is 15.3 Å². The number of fused-ring (bicyclic) bond motifs is 1. The molecule has 0 radical (unpaired) electrons. The molecule has 0 fully saturated rings. The van der Waals surface area contributed by atoms with Crippen molar-refractivity contribution in [2.45, 2.75) is 13.1 Å². The first-order valence-corrected chi connectivity index (χ1v) is 3.44. The van der Waals surface area contributed by atoms with Crippen molar-refractivity contribution in [3.05, 3.63) is 36.3 Å². The molecule has 0 bridgehead atoms. The molecule has 0 aromatic rings. The first-order chi connectivity index (χ1) is 4.86. The Kier molecular flexibility index (Phi) is 1.07. The van der Waals surface area contributed by atoms with Gasteiger partial charge in [0.05, 0.1) is 0 Å². The fraction of sp³-hybridized carbons (Fsp3) is 0.250. The molecule has 0 saturated carbocycles. The maximum absolute atomic E-state index is 3.30. The SMILES string of the molecule is CC1=CN2C=CC=CC2N1. The Morgan fingerprint density at radius 2 is 2.40 bits per heavy atom. The zero-order valence-corrected chi connectivity index (χ0v) is 5.91. The summed E-state index contributed by atoms with van der Waals surface area (Å²) in [4.78, 5) is 2.15. The van der Waals surface area contributed by atoms with Crippen LogP contribution in [0.15, 0.2) is 36.3 Å². The molecule has 0 aromatic heterocycles. The lowest BCUT2D eigenvalue weighted by Gasteiger charge is -2.20. The van der Waals surface area contributed by atoms with Crippen LogP contribution in [-0.2, 0) is 0 Å². The Hall–Kier alpha value is -1.18. The Balaban J connectivity index is 2.24. The molecule has 1 unspecified atom stereocenters. The van der Waals surface area contributed by atoms with E-state index in [4.69, 9.17) is 0 Å². The maximum Gasteiger partial charge on any atom is 0.122 e. The molecule has 0 amide bonds. The quantitative estimate of drug-likeness (QED) is 0.535. The normalized spacial score (nSPS) is 27.9.